The van der Waals surface area contributed by atoms with E-state index in [-0.39, 0.29) is 0 Å². The molecule has 16 heavy (non-hydrogen) atoms. The van der Waals surface area contributed by atoms with E-state index in [1.54, 1.807) is 17.5 Å². The van der Waals surface area contributed by atoms with Gasteiger partial charge in [-0.15, -0.1) is 11.3 Å². The van der Waals surface area contributed by atoms with Crippen molar-refractivity contribution in [2.45, 2.75) is 25.9 Å². The fourth-order valence-corrected chi connectivity index (χ4v) is 2.47. The summed E-state index contributed by atoms with van der Waals surface area (Å²) in [5, 5.41) is 5.68. The minimum atomic E-state index is 0.325. The lowest BCUT2D eigenvalue weighted by molar-refractivity contribution is 0.499. The van der Waals surface area contributed by atoms with Crippen LogP contribution in [0.1, 0.15) is 36.4 Å². The number of thiophene rings is 1. The van der Waals surface area contributed by atoms with Crippen molar-refractivity contribution in [3.05, 3.63) is 52.5 Å². The normalized spacial score (nSPS) is 14.6. The van der Waals surface area contributed by atoms with Gasteiger partial charge < -0.3 is 5.32 Å². The van der Waals surface area contributed by atoms with Crippen LogP contribution in [0, 0.1) is 0 Å². The van der Waals surface area contributed by atoms with E-state index in [1.807, 2.05) is 12.3 Å². The van der Waals surface area contributed by atoms with Gasteiger partial charge in [0, 0.05) is 29.4 Å². The zero-order chi connectivity index (χ0) is 11.4. The molecule has 0 radical (unpaired) electrons. The molecule has 0 aliphatic rings. The minimum Gasteiger partial charge on any atom is -0.303 e. The van der Waals surface area contributed by atoms with Crippen molar-refractivity contribution in [2.75, 3.05) is 0 Å². The summed E-state index contributed by atoms with van der Waals surface area (Å²) in [6, 6.07) is 9.04. The lowest BCUT2D eigenvalue weighted by Crippen LogP contribution is -2.21. The number of nitrogens with zero attached hydrogens (tertiary/aromatic N) is 1. The van der Waals surface area contributed by atoms with Gasteiger partial charge in [-0.05, 0) is 36.9 Å². The number of nitrogens with one attached hydrogen (secondary N) is 1. The maximum Gasteiger partial charge on any atom is 0.0391 e. The van der Waals surface area contributed by atoms with Crippen LogP contribution in [-0.4, -0.2) is 4.98 Å². The zero-order valence-corrected chi connectivity index (χ0v) is 10.4. The molecular formula is C13H16N2S. The van der Waals surface area contributed by atoms with Gasteiger partial charge in [-0.3, -0.25) is 4.98 Å². The Hall–Kier alpha value is -1.19. The second kappa shape index (κ2) is 5.23. The molecule has 0 aliphatic heterocycles. The highest BCUT2D eigenvalue weighted by Crippen LogP contribution is 2.22. The van der Waals surface area contributed by atoms with Crippen LogP contribution >= 0.6 is 11.3 Å². The molecule has 2 aromatic rings. The molecule has 2 atom stereocenters. The summed E-state index contributed by atoms with van der Waals surface area (Å²) in [6.07, 6.45) is 3.72. The lowest BCUT2D eigenvalue weighted by Gasteiger charge is -2.19. The van der Waals surface area contributed by atoms with E-state index in [2.05, 4.69) is 47.7 Å². The van der Waals surface area contributed by atoms with Gasteiger partial charge in [0.15, 0.2) is 0 Å². The smallest absolute Gasteiger partial charge is 0.0391 e. The van der Waals surface area contributed by atoms with Crippen molar-refractivity contribution in [3.8, 4) is 0 Å². The van der Waals surface area contributed by atoms with Crippen molar-refractivity contribution in [1.29, 1.82) is 0 Å². The Kier molecular flexibility index (Phi) is 3.70. The van der Waals surface area contributed by atoms with Crippen LogP contribution in [0.5, 0.6) is 0 Å². The molecular weight excluding hydrogens is 216 g/mol. The molecule has 0 fully saturated rings. The third kappa shape index (κ3) is 2.68. The quantitative estimate of drug-likeness (QED) is 0.872. The molecule has 2 nitrogen and oxygen atoms in total. The Morgan fingerprint density at radius 3 is 2.69 bits per heavy atom. The fourth-order valence-electron chi connectivity index (χ4n) is 1.72. The standard InChI is InChI=1S/C13H16N2S/c1-10(12-5-3-7-14-9-12)15-11(2)13-6-4-8-16-13/h3-11,15H,1-2H3/t10?,11-/m1/s1. The Morgan fingerprint density at radius 2 is 2.06 bits per heavy atom. The highest BCUT2D eigenvalue weighted by molar-refractivity contribution is 7.10. The maximum atomic E-state index is 4.14. The highest BCUT2D eigenvalue weighted by Gasteiger charge is 2.11. The Bertz CT molecular complexity index is 411. The van der Waals surface area contributed by atoms with Gasteiger partial charge in [0.2, 0.25) is 0 Å². The molecule has 0 aliphatic carbocycles. The van der Waals surface area contributed by atoms with E-state index in [0.29, 0.717) is 12.1 Å². The first-order chi connectivity index (χ1) is 7.77. The SMILES string of the molecule is CC(N[C@H](C)c1cccs1)c1cccnc1. The predicted octanol–water partition coefficient (Wildman–Crippen LogP) is 3.55. The van der Waals surface area contributed by atoms with Crippen LogP contribution in [0.2, 0.25) is 0 Å². The first-order valence-electron chi connectivity index (χ1n) is 5.46. The maximum absolute atomic E-state index is 4.14. The zero-order valence-electron chi connectivity index (χ0n) is 9.55. The van der Waals surface area contributed by atoms with E-state index in [4.69, 9.17) is 0 Å². The van der Waals surface area contributed by atoms with E-state index < -0.39 is 0 Å². The summed E-state index contributed by atoms with van der Waals surface area (Å²) in [6.45, 7) is 4.36. The first-order valence-corrected chi connectivity index (χ1v) is 6.34. The first kappa shape index (κ1) is 11.3. The van der Waals surface area contributed by atoms with E-state index in [0.717, 1.165) is 0 Å². The van der Waals surface area contributed by atoms with Gasteiger partial charge in [-0.1, -0.05) is 12.1 Å². The molecule has 0 amide bonds. The average molecular weight is 232 g/mol. The molecule has 2 heterocycles. The van der Waals surface area contributed by atoms with E-state index >= 15 is 0 Å². The Balaban J connectivity index is 2.00. The summed E-state index contributed by atoms with van der Waals surface area (Å²) in [5.74, 6) is 0. The van der Waals surface area contributed by atoms with Gasteiger partial charge in [-0.25, -0.2) is 0 Å². The van der Waals surface area contributed by atoms with Gasteiger partial charge in [0.05, 0.1) is 0 Å². The van der Waals surface area contributed by atoms with E-state index in [9.17, 15) is 0 Å². The summed E-state index contributed by atoms with van der Waals surface area (Å²) in [5.41, 5.74) is 1.23. The Labute approximate surface area is 100 Å². The van der Waals surface area contributed by atoms with Crippen LogP contribution < -0.4 is 5.32 Å². The van der Waals surface area contributed by atoms with Crippen LogP contribution in [0.3, 0.4) is 0 Å². The Morgan fingerprint density at radius 1 is 1.19 bits per heavy atom. The molecule has 1 N–H and O–H groups in total. The van der Waals surface area contributed by atoms with Crippen molar-refractivity contribution in [3.63, 3.8) is 0 Å². The predicted molar refractivity (Wildman–Crippen MR) is 68.5 cm³/mol. The molecule has 84 valence electrons. The molecule has 0 saturated heterocycles. The second-order valence-electron chi connectivity index (χ2n) is 3.91. The van der Waals surface area contributed by atoms with Crippen molar-refractivity contribution in [2.24, 2.45) is 0 Å². The van der Waals surface area contributed by atoms with Crippen LogP contribution in [0.25, 0.3) is 0 Å². The summed E-state index contributed by atoms with van der Waals surface area (Å²) < 4.78 is 0. The molecule has 0 aromatic carbocycles. The largest absolute Gasteiger partial charge is 0.303 e. The second-order valence-corrected chi connectivity index (χ2v) is 4.89. The third-order valence-electron chi connectivity index (χ3n) is 2.65. The topological polar surface area (TPSA) is 24.9 Å². The van der Waals surface area contributed by atoms with Crippen LogP contribution in [0.15, 0.2) is 42.0 Å². The minimum absolute atomic E-state index is 0.325. The average Bonchev–Trinajstić information content (AvgIpc) is 2.83. The fraction of sp³-hybridized carbons (Fsp3) is 0.308. The monoisotopic (exact) mass is 232 g/mol. The van der Waals surface area contributed by atoms with Gasteiger partial charge in [-0.2, -0.15) is 0 Å². The van der Waals surface area contributed by atoms with Crippen LogP contribution in [-0.2, 0) is 0 Å². The summed E-state index contributed by atoms with van der Waals surface area (Å²) >= 11 is 1.79. The highest BCUT2D eigenvalue weighted by atomic mass is 32.1. The molecule has 0 bridgehead atoms. The summed E-state index contributed by atoms with van der Waals surface area (Å²) in [4.78, 5) is 5.51. The van der Waals surface area contributed by atoms with Crippen molar-refractivity contribution < 1.29 is 0 Å². The van der Waals surface area contributed by atoms with Gasteiger partial charge in [0.25, 0.3) is 0 Å². The lowest BCUT2D eigenvalue weighted by atomic mass is 10.1. The molecule has 2 aromatic heterocycles. The number of hydrogen-bond acceptors (Lipinski definition) is 3. The number of hydrogen-bond donors (Lipinski definition) is 1. The number of pyridine rings is 1. The molecule has 0 saturated carbocycles. The number of rotatable bonds is 4. The number of aromatic nitrogens is 1. The third-order valence-corrected chi connectivity index (χ3v) is 3.71. The van der Waals surface area contributed by atoms with Crippen LogP contribution in [0.4, 0.5) is 0 Å². The van der Waals surface area contributed by atoms with Crippen molar-refractivity contribution >= 4 is 11.3 Å². The van der Waals surface area contributed by atoms with Gasteiger partial charge >= 0.3 is 0 Å². The van der Waals surface area contributed by atoms with E-state index in [1.165, 1.54) is 10.4 Å². The molecule has 0 spiro atoms. The molecule has 2 rings (SSSR count). The molecule has 1 unspecified atom stereocenters. The van der Waals surface area contributed by atoms with Gasteiger partial charge in [0.1, 0.15) is 0 Å². The van der Waals surface area contributed by atoms with Crippen molar-refractivity contribution in [1.82, 2.24) is 10.3 Å². The molecule has 3 heteroatoms. The summed E-state index contributed by atoms with van der Waals surface area (Å²) in [7, 11) is 0.